The number of pyridine rings is 1. The van der Waals surface area contributed by atoms with Crippen molar-refractivity contribution < 1.29 is 21.4 Å². The standard InChI is InChI=1S/C21H32FN3O3/c1-3-21(4-2,14-27-15-22)24-19(26)17-9-10-18(25-11-5-6-12-25)20(23-17)28-13-16-7-8-16/h9-10,16H,3-8,11-15H2,1-2H3,(H,24,26)/i15D2. The summed E-state index contributed by atoms with van der Waals surface area (Å²) in [5.41, 5.74) is 0.245. The van der Waals surface area contributed by atoms with Crippen LogP contribution in [0, 0.1) is 5.92 Å². The molecule has 1 amide bonds. The normalized spacial score (nSPS) is 18.6. The molecule has 1 aliphatic carbocycles. The number of nitrogens with zero attached hydrogens (tertiary/aromatic N) is 2. The van der Waals surface area contributed by atoms with E-state index < -0.39 is 18.3 Å². The number of ether oxygens (including phenoxy) is 2. The van der Waals surface area contributed by atoms with Crippen LogP contribution in [0.25, 0.3) is 0 Å². The summed E-state index contributed by atoms with van der Waals surface area (Å²) in [4.78, 5) is 19.7. The summed E-state index contributed by atoms with van der Waals surface area (Å²) in [6, 6.07) is 3.56. The van der Waals surface area contributed by atoms with Crippen LogP contribution in [0.5, 0.6) is 5.88 Å². The van der Waals surface area contributed by atoms with Gasteiger partial charge in [0, 0.05) is 13.1 Å². The highest BCUT2D eigenvalue weighted by Gasteiger charge is 2.30. The van der Waals surface area contributed by atoms with Crippen molar-refractivity contribution in [2.24, 2.45) is 5.92 Å². The van der Waals surface area contributed by atoms with Crippen LogP contribution in [0.4, 0.5) is 10.1 Å². The van der Waals surface area contributed by atoms with Crippen LogP contribution in [-0.4, -0.2) is 49.5 Å². The van der Waals surface area contributed by atoms with E-state index >= 15 is 0 Å². The third kappa shape index (κ3) is 5.13. The SMILES string of the molecule is [2H]C([2H])(F)OCC(CC)(CC)NC(=O)c1ccc(N2CCCC2)c(OCC2CC2)n1. The number of rotatable bonds is 11. The highest BCUT2D eigenvalue weighted by molar-refractivity contribution is 5.93. The molecule has 1 N–H and O–H groups in total. The van der Waals surface area contributed by atoms with E-state index in [1.54, 1.807) is 6.07 Å². The van der Waals surface area contributed by atoms with Gasteiger partial charge in [0.1, 0.15) is 5.69 Å². The molecule has 0 unspecified atom stereocenters. The average Bonchev–Trinajstić information content (AvgIpc) is 3.40. The Bertz CT molecular complexity index is 731. The van der Waals surface area contributed by atoms with Crippen molar-refractivity contribution in [2.75, 3.05) is 38.0 Å². The van der Waals surface area contributed by atoms with Crippen molar-refractivity contribution >= 4 is 11.6 Å². The summed E-state index contributed by atoms with van der Waals surface area (Å²) in [5, 5.41) is 2.88. The van der Waals surface area contributed by atoms with Crippen molar-refractivity contribution in [1.82, 2.24) is 10.3 Å². The zero-order valence-electron chi connectivity index (χ0n) is 18.8. The lowest BCUT2D eigenvalue weighted by molar-refractivity contribution is 0.0119. The van der Waals surface area contributed by atoms with Gasteiger partial charge in [-0.2, -0.15) is 0 Å². The fraction of sp³-hybridized carbons (Fsp3) is 0.714. The van der Waals surface area contributed by atoms with E-state index in [4.69, 9.17) is 12.2 Å². The molecule has 0 bridgehead atoms. The summed E-state index contributed by atoms with van der Waals surface area (Å²) >= 11 is 0. The zero-order chi connectivity index (χ0) is 21.8. The first-order valence-electron chi connectivity index (χ1n) is 11.3. The second-order valence-corrected chi connectivity index (χ2v) is 7.78. The van der Waals surface area contributed by atoms with E-state index in [0.717, 1.165) is 44.5 Å². The lowest BCUT2D eigenvalue weighted by atomic mass is 9.93. The topological polar surface area (TPSA) is 63.7 Å². The van der Waals surface area contributed by atoms with Crippen molar-refractivity contribution in [2.45, 2.75) is 57.9 Å². The van der Waals surface area contributed by atoms with Crippen LogP contribution < -0.4 is 15.0 Å². The van der Waals surface area contributed by atoms with E-state index in [9.17, 15) is 9.18 Å². The van der Waals surface area contributed by atoms with Gasteiger partial charge in [-0.05, 0) is 56.6 Å². The van der Waals surface area contributed by atoms with Gasteiger partial charge >= 0.3 is 0 Å². The van der Waals surface area contributed by atoms with Gasteiger partial charge in [0.05, 0.1) is 27.2 Å². The molecule has 1 saturated heterocycles. The maximum Gasteiger partial charge on any atom is 0.270 e. The lowest BCUT2D eigenvalue weighted by Crippen LogP contribution is -2.51. The Labute approximate surface area is 169 Å². The summed E-state index contributed by atoms with van der Waals surface area (Å²) in [6.45, 7) is 2.66. The van der Waals surface area contributed by atoms with Gasteiger partial charge in [-0.1, -0.05) is 13.8 Å². The Morgan fingerprint density at radius 3 is 2.68 bits per heavy atom. The number of nitrogens with one attached hydrogen (secondary N) is 1. The zero-order valence-corrected chi connectivity index (χ0v) is 16.8. The molecule has 6 nitrogen and oxygen atoms in total. The molecule has 2 fully saturated rings. The minimum atomic E-state index is -3.25. The number of aromatic nitrogens is 1. The molecule has 0 spiro atoms. The summed E-state index contributed by atoms with van der Waals surface area (Å²) < 4.78 is 37.8. The van der Waals surface area contributed by atoms with Gasteiger partial charge in [0.25, 0.3) is 5.91 Å². The molecule has 0 radical (unpaired) electrons. The third-order valence-electron chi connectivity index (χ3n) is 5.81. The molecule has 1 aromatic heterocycles. The van der Waals surface area contributed by atoms with Gasteiger partial charge in [0.15, 0.2) is 6.81 Å². The maximum absolute atomic E-state index is 13.2. The largest absolute Gasteiger partial charge is 0.476 e. The first-order valence-corrected chi connectivity index (χ1v) is 10.3. The van der Waals surface area contributed by atoms with Crippen molar-refractivity contribution in [3.8, 4) is 5.88 Å². The van der Waals surface area contributed by atoms with E-state index in [1.165, 1.54) is 0 Å². The lowest BCUT2D eigenvalue weighted by Gasteiger charge is -2.32. The quantitative estimate of drug-likeness (QED) is 0.619. The van der Waals surface area contributed by atoms with Crippen LogP contribution in [0.1, 0.15) is 65.6 Å². The molecule has 2 aliphatic rings. The Kier molecular flexibility index (Phi) is 6.19. The van der Waals surface area contributed by atoms with Gasteiger partial charge in [-0.15, -0.1) is 0 Å². The summed E-state index contributed by atoms with van der Waals surface area (Å²) in [6.07, 6.45) is 5.50. The molecule has 0 atom stereocenters. The number of carbonyl (C=O) groups is 1. The van der Waals surface area contributed by atoms with Crippen molar-refractivity contribution in [3.05, 3.63) is 17.8 Å². The van der Waals surface area contributed by atoms with Crippen LogP contribution in [0.3, 0.4) is 0 Å². The van der Waals surface area contributed by atoms with Gasteiger partial charge in [0.2, 0.25) is 5.88 Å². The third-order valence-corrected chi connectivity index (χ3v) is 5.81. The highest BCUT2D eigenvalue weighted by Crippen LogP contribution is 2.33. The molecule has 1 saturated carbocycles. The minimum Gasteiger partial charge on any atom is -0.476 e. The molecule has 156 valence electrons. The van der Waals surface area contributed by atoms with Crippen LogP contribution in [-0.2, 0) is 4.74 Å². The van der Waals surface area contributed by atoms with Crippen molar-refractivity contribution in [1.29, 1.82) is 0 Å². The second kappa shape index (κ2) is 9.54. The van der Waals surface area contributed by atoms with E-state index in [1.807, 2.05) is 19.9 Å². The smallest absolute Gasteiger partial charge is 0.270 e. The number of amides is 1. The Balaban J connectivity index is 1.76. The first kappa shape index (κ1) is 18.2. The average molecular weight is 396 g/mol. The number of alkyl halides is 1. The van der Waals surface area contributed by atoms with Crippen LogP contribution >= 0.6 is 0 Å². The Morgan fingerprint density at radius 2 is 2.07 bits per heavy atom. The predicted molar refractivity (Wildman–Crippen MR) is 107 cm³/mol. The summed E-state index contributed by atoms with van der Waals surface area (Å²) in [5.74, 6) is 0.633. The van der Waals surface area contributed by atoms with E-state index in [0.29, 0.717) is 31.2 Å². The number of hydrogen-bond acceptors (Lipinski definition) is 5. The Hall–Kier alpha value is -1.89. The number of halogens is 1. The molecular formula is C21H32FN3O3. The van der Waals surface area contributed by atoms with E-state index in [-0.39, 0.29) is 12.3 Å². The number of hydrogen-bond donors (Lipinski definition) is 1. The molecule has 1 aliphatic heterocycles. The van der Waals surface area contributed by atoms with Gasteiger partial charge in [-0.25, -0.2) is 9.37 Å². The predicted octanol–water partition coefficient (Wildman–Crippen LogP) is 3.70. The summed E-state index contributed by atoms with van der Waals surface area (Å²) in [7, 11) is 0. The molecule has 28 heavy (non-hydrogen) atoms. The molecule has 3 rings (SSSR count). The van der Waals surface area contributed by atoms with Crippen LogP contribution in [0.15, 0.2) is 12.1 Å². The second-order valence-electron chi connectivity index (χ2n) is 7.78. The van der Waals surface area contributed by atoms with Gasteiger partial charge < -0.3 is 19.7 Å². The monoisotopic (exact) mass is 395 g/mol. The number of anilines is 1. The van der Waals surface area contributed by atoms with Crippen molar-refractivity contribution in [3.63, 3.8) is 0 Å². The highest BCUT2D eigenvalue weighted by atomic mass is 19.1. The van der Waals surface area contributed by atoms with E-state index in [2.05, 4.69) is 15.2 Å². The molecule has 0 aromatic carbocycles. The van der Waals surface area contributed by atoms with Crippen LogP contribution in [0.2, 0.25) is 0 Å². The maximum atomic E-state index is 13.2. The fourth-order valence-electron chi connectivity index (χ4n) is 3.48. The Morgan fingerprint density at radius 1 is 1.36 bits per heavy atom. The van der Waals surface area contributed by atoms with Gasteiger partial charge in [-0.3, -0.25) is 4.79 Å². The molecule has 7 heteroatoms. The fourth-order valence-corrected chi connectivity index (χ4v) is 3.48. The molecule has 2 heterocycles. The molecular weight excluding hydrogens is 361 g/mol. The first-order chi connectivity index (χ1) is 14.3. The minimum absolute atomic E-state index is 0.221. The molecule has 1 aromatic rings. The number of carbonyl (C=O) groups excluding carboxylic acids is 1.